The summed E-state index contributed by atoms with van der Waals surface area (Å²) in [5.74, 6) is 0.659. The second-order valence-electron chi connectivity index (χ2n) is 3.52. The van der Waals surface area contributed by atoms with Crippen LogP contribution < -0.4 is 10.5 Å². The zero-order chi connectivity index (χ0) is 12.0. The largest absolute Gasteiger partial charge is 0.491 e. The first-order valence-corrected chi connectivity index (χ1v) is 5.85. The molecular weight excluding hydrogens is 247 g/mol. The Hall–Kier alpha value is -0.480. The van der Waals surface area contributed by atoms with E-state index in [1.54, 1.807) is 18.2 Å². The Morgan fingerprint density at radius 1 is 1.31 bits per heavy atom. The van der Waals surface area contributed by atoms with Crippen LogP contribution in [0.15, 0.2) is 18.2 Å². The molecule has 5 heteroatoms. The second kappa shape index (κ2) is 6.97. The molecule has 2 N–H and O–H groups in total. The monoisotopic (exact) mass is 262 g/mol. The minimum atomic E-state index is 0.536. The third-order valence-corrected chi connectivity index (χ3v) is 2.67. The van der Waals surface area contributed by atoms with Crippen LogP contribution >= 0.6 is 23.2 Å². The molecule has 0 aliphatic heterocycles. The van der Waals surface area contributed by atoms with Crippen molar-refractivity contribution in [1.82, 2.24) is 4.90 Å². The number of ether oxygens (including phenoxy) is 1. The molecule has 0 aromatic heterocycles. The number of likely N-dealkylation sites (N-methyl/N-ethyl adjacent to an activating group) is 1. The molecule has 0 radical (unpaired) electrons. The van der Waals surface area contributed by atoms with Gasteiger partial charge in [0.15, 0.2) is 0 Å². The molecule has 0 unspecified atom stereocenters. The van der Waals surface area contributed by atoms with Crippen LogP contribution in [0, 0.1) is 0 Å². The lowest BCUT2D eigenvalue weighted by Gasteiger charge is -2.16. The Morgan fingerprint density at radius 2 is 2.06 bits per heavy atom. The third-order valence-electron chi connectivity index (χ3n) is 2.14. The van der Waals surface area contributed by atoms with Gasteiger partial charge in [-0.15, -0.1) is 0 Å². The van der Waals surface area contributed by atoms with Gasteiger partial charge in [-0.1, -0.05) is 23.2 Å². The van der Waals surface area contributed by atoms with Crippen molar-refractivity contribution >= 4 is 23.2 Å². The van der Waals surface area contributed by atoms with Crippen molar-refractivity contribution in [1.29, 1.82) is 0 Å². The highest BCUT2D eigenvalue weighted by Crippen LogP contribution is 2.27. The van der Waals surface area contributed by atoms with E-state index < -0.39 is 0 Å². The van der Waals surface area contributed by atoms with Gasteiger partial charge in [0.25, 0.3) is 0 Å². The van der Waals surface area contributed by atoms with Crippen molar-refractivity contribution in [3.05, 3.63) is 28.2 Å². The van der Waals surface area contributed by atoms with Crippen molar-refractivity contribution < 1.29 is 4.74 Å². The number of nitrogens with two attached hydrogens (primary N) is 1. The minimum Gasteiger partial charge on any atom is -0.491 e. The van der Waals surface area contributed by atoms with Crippen LogP contribution in [0.25, 0.3) is 0 Å². The molecule has 0 saturated heterocycles. The second-order valence-corrected chi connectivity index (χ2v) is 4.36. The van der Waals surface area contributed by atoms with E-state index in [1.165, 1.54) is 0 Å². The summed E-state index contributed by atoms with van der Waals surface area (Å²) in [6.45, 7) is 2.91. The molecule has 0 aliphatic carbocycles. The van der Waals surface area contributed by atoms with E-state index in [4.69, 9.17) is 33.7 Å². The van der Waals surface area contributed by atoms with Crippen LogP contribution in [0.1, 0.15) is 0 Å². The molecule has 0 spiro atoms. The van der Waals surface area contributed by atoms with Gasteiger partial charge in [0.05, 0.1) is 5.02 Å². The predicted octanol–water partition coefficient (Wildman–Crippen LogP) is 2.26. The standard InChI is InChI=1S/C11H16Cl2N2O/c1-15(5-4-14)6-7-16-11-3-2-9(12)8-10(11)13/h2-3,8H,4-7,14H2,1H3. The van der Waals surface area contributed by atoms with Gasteiger partial charge in [-0.25, -0.2) is 0 Å². The van der Waals surface area contributed by atoms with Crippen LogP contribution in [0.3, 0.4) is 0 Å². The van der Waals surface area contributed by atoms with Gasteiger partial charge in [0.2, 0.25) is 0 Å². The van der Waals surface area contributed by atoms with E-state index in [2.05, 4.69) is 4.90 Å². The van der Waals surface area contributed by atoms with Crippen molar-refractivity contribution in [2.75, 3.05) is 33.3 Å². The Bertz CT molecular complexity index is 334. The Balaban J connectivity index is 2.37. The molecule has 1 rings (SSSR count). The molecule has 16 heavy (non-hydrogen) atoms. The average molecular weight is 263 g/mol. The first-order valence-electron chi connectivity index (χ1n) is 5.10. The summed E-state index contributed by atoms with van der Waals surface area (Å²) < 4.78 is 5.54. The molecule has 0 bridgehead atoms. The van der Waals surface area contributed by atoms with Gasteiger partial charge in [0.1, 0.15) is 12.4 Å². The van der Waals surface area contributed by atoms with Gasteiger partial charge < -0.3 is 15.4 Å². The maximum absolute atomic E-state index is 5.96. The smallest absolute Gasteiger partial charge is 0.138 e. The van der Waals surface area contributed by atoms with Crippen molar-refractivity contribution in [2.45, 2.75) is 0 Å². The summed E-state index contributed by atoms with van der Waals surface area (Å²) in [5.41, 5.74) is 5.43. The highest BCUT2D eigenvalue weighted by molar-refractivity contribution is 6.35. The highest BCUT2D eigenvalue weighted by atomic mass is 35.5. The maximum Gasteiger partial charge on any atom is 0.138 e. The first-order chi connectivity index (χ1) is 7.63. The van der Waals surface area contributed by atoms with Crippen LogP contribution in [-0.2, 0) is 0 Å². The number of benzene rings is 1. The lowest BCUT2D eigenvalue weighted by molar-refractivity contribution is 0.241. The fourth-order valence-corrected chi connectivity index (χ4v) is 1.70. The van der Waals surface area contributed by atoms with Crippen molar-refractivity contribution in [3.8, 4) is 5.75 Å². The molecule has 0 atom stereocenters. The average Bonchev–Trinajstić information content (AvgIpc) is 2.22. The molecule has 1 aromatic carbocycles. The molecular formula is C11H16Cl2N2O. The number of rotatable bonds is 6. The number of halogens is 2. The summed E-state index contributed by atoms with van der Waals surface area (Å²) in [6.07, 6.45) is 0. The van der Waals surface area contributed by atoms with Crippen molar-refractivity contribution in [2.24, 2.45) is 5.73 Å². The molecule has 0 heterocycles. The summed E-state index contributed by atoms with van der Waals surface area (Å²) in [5, 5.41) is 1.14. The van der Waals surface area contributed by atoms with Gasteiger partial charge in [-0.05, 0) is 25.2 Å². The first kappa shape index (κ1) is 13.6. The predicted molar refractivity (Wildman–Crippen MR) is 68.5 cm³/mol. The van der Waals surface area contributed by atoms with E-state index in [-0.39, 0.29) is 0 Å². The molecule has 90 valence electrons. The van der Waals surface area contributed by atoms with E-state index in [1.807, 2.05) is 7.05 Å². The van der Waals surface area contributed by atoms with E-state index in [0.717, 1.165) is 13.1 Å². The quantitative estimate of drug-likeness (QED) is 0.855. The fraction of sp³-hybridized carbons (Fsp3) is 0.455. The molecule has 3 nitrogen and oxygen atoms in total. The van der Waals surface area contributed by atoms with Gasteiger partial charge in [-0.2, -0.15) is 0 Å². The lowest BCUT2D eigenvalue weighted by atomic mass is 10.3. The summed E-state index contributed by atoms with van der Waals surface area (Å²) in [6, 6.07) is 5.20. The number of hydrogen-bond acceptors (Lipinski definition) is 3. The molecule has 0 amide bonds. The van der Waals surface area contributed by atoms with Crippen LogP contribution in [0.5, 0.6) is 5.75 Å². The Kier molecular flexibility index (Phi) is 5.91. The Labute approximate surface area is 106 Å². The maximum atomic E-state index is 5.96. The van der Waals surface area contributed by atoms with Crippen LogP contribution in [0.2, 0.25) is 10.0 Å². The molecule has 0 aliphatic rings. The van der Waals surface area contributed by atoms with Gasteiger partial charge in [-0.3, -0.25) is 0 Å². The Morgan fingerprint density at radius 3 is 2.69 bits per heavy atom. The zero-order valence-corrected chi connectivity index (χ0v) is 10.8. The molecule has 0 saturated carbocycles. The number of hydrogen-bond donors (Lipinski definition) is 1. The van der Waals surface area contributed by atoms with E-state index >= 15 is 0 Å². The highest BCUT2D eigenvalue weighted by Gasteiger charge is 2.03. The third kappa shape index (κ3) is 4.58. The SMILES string of the molecule is CN(CCN)CCOc1ccc(Cl)cc1Cl. The van der Waals surface area contributed by atoms with E-state index in [0.29, 0.717) is 28.9 Å². The summed E-state index contributed by atoms with van der Waals surface area (Å²) in [4.78, 5) is 2.10. The normalized spacial score (nSPS) is 10.8. The summed E-state index contributed by atoms with van der Waals surface area (Å²) in [7, 11) is 2.00. The fourth-order valence-electron chi connectivity index (χ4n) is 1.24. The van der Waals surface area contributed by atoms with Crippen molar-refractivity contribution in [3.63, 3.8) is 0 Å². The lowest BCUT2D eigenvalue weighted by Crippen LogP contribution is -2.29. The number of nitrogens with zero attached hydrogens (tertiary/aromatic N) is 1. The minimum absolute atomic E-state index is 0.536. The van der Waals surface area contributed by atoms with Crippen LogP contribution in [0.4, 0.5) is 0 Å². The van der Waals surface area contributed by atoms with E-state index in [9.17, 15) is 0 Å². The van der Waals surface area contributed by atoms with Crippen LogP contribution in [-0.4, -0.2) is 38.2 Å². The summed E-state index contributed by atoms with van der Waals surface area (Å²) >= 11 is 11.7. The molecule has 1 aromatic rings. The zero-order valence-electron chi connectivity index (χ0n) is 9.25. The molecule has 0 fully saturated rings. The van der Waals surface area contributed by atoms with Gasteiger partial charge in [0, 0.05) is 24.7 Å². The van der Waals surface area contributed by atoms with Gasteiger partial charge >= 0.3 is 0 Å². The topological polar surface area (TPSA) is 38.5 Å².